The summed E-state index contributed by atoms with van der Waals surface area (Å²) >= 11 is 1.94. The molecular formula is C13H27NO2S. The third-order valence-electron chi connectivity index (χ3n) is 3.28. The van der Waals surface area contributed by atoms with Gasteiger partial charge in [0, 0.05) is 31.0 Å². The van der Waals surface area contributed by atoms with Gasteiger partial charge in [-0.05, 0) is 19.1 Å². The van der Waals surface area contributed by atoms with Crippen molar-refractivity contribution in [2.45, 2.75) is 31.4 Å². The summed E-state index contributed by atoms with van der Waals surface area (Å²) in [6, 6.07) is 0. The minimum Gasteiger partial charge on any atom is -0.380 e. The Hall–Kier alpha value is 0.230. The lowest BCUT2D eigenvalue weighted by Crippen LogP contribution is -2.38. The molecular weight excluding hydrogens is 234 g/mol. The second-order valence-corrected chi connectivity index (χ2v) is 6.65. The molecule has 0 radical (unpaired) electrons. The lowest BCUT2D eigenvalue weighted by Gasteiger charge is -2.26. The zero-order valence-electron chi connectivity index (χ0n) is 11.5. The zero-order chi connectivity index (χ0) is 12.6. The molecule has 0 aromatic rings. The van der Waals surface area contributed by atoms with Crippen LogP contribution in [0.2, 0.25) is 0 Å². The van der Waals surface area contributed by atoms with Crippen molar-refractivity contribution in [3.8, 4) is 0 Å². The van der Waals surface area contributed by atoms with Crippen molar-refractivity contribution in [3.63, 3.8) is 0 Å². The summed E-state index contributed by atoms with van der Waals surface area (Å²) in [6.07, 6.45) is 4.57. The molecule has 1 rings (SSSR count). The fourth-order valence-corrected chi connectivity index (χ4v) is 2.17. The monoisotopic (exact) mass is 261 g/mol. The molecule has 0 unspecified atom stereocenters. The Morgan fingerprint density at radius 1 is 1.24 bits per heavy atom. The molecule has 4 heteroatoms. The van der Waals surface area contributed by atoms with Crippen LogP contribution < -0.4 is 0 Å². The number of thioether (sulfide) groups is 1. The van der Waals surface area contributed by atoms with Gasteiger partial charge in [-0.25, -0.2) is 0 Å². The molecule has 0 aromatic carbocycles. The van der Waals surface area contributed by atoms with Gasteiger partial charge in [-0.3, -0.25) is 4.90 Å². The Balaban J connectivity index is 1.90. The van der Waals surface area contributed by atoms with Gasteiger partial charge >= 0.3 is 0 Å². The third kappa shape index (κ3) is 7.29. The number of morpholine rings is 1. The van der Waals surface area contributed by atoms with E-state index in [1.54, 1.807) is 0 Å². The van der Waals surface area contributed by atoms with Crippen molar-refractivity contribution >= 4 is 11.8 Å². The fourth-order valence-electron chi connectivity index (χ4n) is 1.82. The van der Waals surface area contributed by atoms with E-state index in [4.69, 9.17) is 9.47 Å². The van der Waals surface area contributed by atoms with E-state index in [2.05, 4.69) is 25.0 Å². The van der Waals surface area contributed by atoms with E-state index >= 15 is 0 Å². The first-order valence-electron chi connectivity index (χ1n) is 6.57. The van der Waals surface area contributed by atoms with Crippen molar-refractivity contribution < 1.29 is 9.47 Å². The summed E-state index contributed by atoms with van der Waals surface area (Å²) in [6.45, 7) is 11.3. The molecule has 0 bridgehead atoms. The highest BCUT2D eigenvalue weighted by Gasteiger charge is 2.14. The Bertz CT molecular complexity index is 194. The van der Waals surface area contributed by atoms with Crippen LogP contribution in [0.25, 0.3) is 0 Å². The minimum absolute atomic E-state index is 0.396. The number of hydrogen-bond donors (Lipinski definition) is 0. The van der Waals surface area contributed by atoms with Crippen LogP contribution in [0.4, 0.5) is 0 Å². The average molecular weight is 261 g/mol. The number of hydrogen-bond acceptors (Lipinski definition) is 4. The van der Waals surface area contributed by atoms with Crippen molar-refractivity contribution in [2.75, 3.05) is 52.3 Å². The lowest BCUT2D eigenvalue weighted by molar-refractivity contribution is 0.0199. The molecule has 102 valence electrons. The number of nitrogens with zero attached hydrogens (tertiary/aromatic N) is 1. The van der Waals surface area contributed by atoms with Gasteiger partial charge in [-0.15, -0.1) is 0 Å². The molecule has 1 aliphatic heterocycles. The molecule has 1 aliphatic rings. The van der Waals surface area contributed by atoms with Crippen LogP contribution in [0.3, 0.4) is 0 Å². The smallest absolute Gasteiger partial charge is 0.0594 e. The molecule has 0 aliphatic carbocycles. The number of ether oxygens (including phenoxy) is 2. The summed E-state index contributed by atoms with van der Waals surface area (Å²) < 4.78 is 11.4. The van der Waals surface area contributed by atoms with E-state index in [-0.39, 0.29) is 0 Å². The van der Waals surface area contributed by atoms with Crippen LogP contribution in [0.1, 0.15) is 26.7 Å². The first-order chi connectivity index (χ1) is 8.14. The molecule has 1 fully saturated rings. The van der Waals surface area contributed by atoms with E-state index < -0.39 is 0 Å². The second kappa shape index (κ2) is 8.35. The van der Waals surface area contributed by atoms with Crippen LogP contribution in [0.15, 0.2) is 0 Å². The predicted octanol–water partition coefficient (Wildman–Crippen LogP) is 2.26. The van der Waals surface area contributed by atoms with Crippen LogP contribution in [0, 0.1) is 0 Å². The molecule has 1 heterocycles. The standard InChI is InChI=1S/C13H27NO2S/c1-13(2,17-3)5-4-9-15-10-6-14-7-11-16-12-8-14/h4-12H2,1-3H3. The van der Waals surface area contributed by atoms with Crippen LogP contribution in [0.5, 0.6) is 0 Å². The Labute approximate surface area is 110 Å². The maximum atomic E-state index is 5.68. The molecule has 1 saturated heterocycles. The first-order valence-corrected chi connectivity index (χ1v) is 7.79. The van der Waals surface area contributed by atoms with Crippen molar-refractivity contribution in [3.05, 3.63) is 0 Å². The van der Waals surface area contributed by atoms with Crippen LogP contribution in [-0.2, 0) is 9.47 Å². The van der Waals surface area contributed by atoms with Gasteiger partial charge in [-0.2, -0.15) is 11.8 Å². The van der Waals surface area contributed by atoms with E-state index in [9.17, 15) is 0 Å². The summed E-state index contributed by atoms with van der Waals surface area (Å²) in [5, 5.41) is 0. The molecule has 0 N–H and O–H groups in total. The van der Waals surface area contributed by atoms with Gasteiger partial charge in [0.1, 0.15) is 0 Å². The SMILES string of the molecule is CSC(C)(C)CCCOCCN1CCOCC1. The van der Waals surface area contributed by atoms with E-state index in [1.165, 1.54) is 6.42 Å². The molecule has 17 heavy (non-hydrogen) atoms. The zero-order valence-corrected chi connectivity index (χ0v) is 12.4. The fraction of sp³-hybridized carbons (Fsp3) is 1.00. The second-order valence-electron chi connectivity index (χ2n) is 5.13. The molecule has 0 aromatic heterocycles. The van der Waals surface area contributed by atoms with Gasteiger partial charge in [0.05, 0.1) is 19.8 Å². The Morgan fingerprint density at radius 2 is 1.94 bits per heavy atom. The highest BCUT2D eigenvalue weighted by molar-refractivity contribution is 7.99. The summed E-state index contributed by atoms with van der Waals surface area (Å²) in [4.78, 5) is 2.41. The summed E-state index contributed by atoms with van der Waals surface area (Å²) in [7, 11) is 0. The average Bonchev–Trinajstić information content (AvgIpc) is 2.35. The van der Waals surface area contributed by atoms with Gasteiger partial charge in [0.15, 0.2) is 0 Å². The quantitative estimate of drug-likeness (QED) is 0.625. The molecule has 0 saturated carbocycles. The van der Waals surface area contributed by atoms with Gasteiger partial charge in [0.2, 0.25) is 0 Å². The molecule has 3 nitrogen and oxygen atoms in total. The van der Waals surface area contributed by atoms with Crippen LogP contribution >= 0.6 is 11.8 Å². The van der Waals surface area contributed by atoms with Gasteiger partial charge < -0.3 is 9.47 Å². The highest BCUT2D eigenvalue weighted by Crippen LogP contribution is 2.26. The highest BCUT2D eigenvalue weighted by atomic mass is 32.2. The topological polar surface area (TPSA) is 21.7 Å². The molecule has 0 spiro atoms. The first kappa shape index (κ1) is 15.3. The molecule has 0 amide bonds. The van der Waals surface area contributed by atoms with Gasteiger partial charge in [0.25, 0.3) is 0 Å². The van der Waals surface area contributed by atoms with E-state index in [0.29, 0.717) is 4.75 Å². The maximum absolute atomic E-state index is 5.68. The maximum Gasteiger partial charge on any atom is 0.0594 e. The van der Waals surface area contributed by atoms with Gasteiger partial charge in [-0.1, -0.05) is 13.8 Å². The van der Waals surface area contributed by atoms with E-state index in [0.717, 1.165) is 52.5 Å². The lowest BCUT2D eigenvalue weighted by atomic mass is 10.1. The van der Waals surface area contributed by atoms with Crippen molar-refractivity contribution in [1.82, 2.24) is 4.90 Å². The Kier molecular flexibility index (Phi) is 7.51. The van der Waals surface area contributed by atoms with Crippen molar-refractivity contribution in [2.24, 2.45) is 0 Å². The summed E-state index contributed by atoms with van der Waals surface area (Å²) in [5.41, 5.74) is 0. The van der Waals surface area contributed by atoms with Crippen LogP contribution in [-0.4, -0.2) is 62.0 Å². The predicted molar refractivity (Wildman–Crippen MR) is 74.9 cm³/mol. The summed E-state index contributed by atoms with van der Waals surface area (Å²) in [5.74, 6) is 0. The normalized spacial score (nSPS) is 18.5. The third-order valence-corrected chi connectivity index (χ3v) is 4.58. The van der Waals surface area contributed by atoms with E-state index in [1.807, 2.05) is 11.8 Å². The Morgan fingerprint density at radius 3 is 2.59 bits per heavy atom. The largest absolute Gasteiger partial charge is 0.380 e. The number of rotatable bonds is 8. The molecule has 0 atom stereocenters. The van der Waals surface area contributed by atoms with Crippen molar-refractivity contribution in [1.29, 1.82) is 0 Å². The minimum atomic E-state index is 0.396.